The second kappa shape index (κ2) is 4.49. The molecule has 0 radical (unpaired) electrons. The van der Waals surface area contributed by atoms with Gasteiger partial charge in [-0.15, -0.1) is 0 Å². The lowest BCUT2D eigenvalue weighted by molar-refractivity contribution is 0.388. The largest absolute Gasteiger partial charge is 0.369 e. The minimum absolute atomic E-state index is 0.571. The molecule has 0 aliphatic carbocycles. The first kappa shape index (κ1) is 10.9. The summed E-state index contributed by atoms with van der Waals surface area (Å²) in [7, 11) is 4.14. The lowest BCUT2D eigenvalue weighted by Crippen LogP contribution is -2.15. The number of fused-ring (bicyclic) bond motifs is 1. The van der Waals surface area contributed by atoms with Crippen molar-refractivity contribution in [2.45, 2.75) is 13.0 Å². The summed E-state index contributed by atoms with van der Waals surface area (Å²) in [5.74, 6) is 0.571. The van der Waals surface area contributed by atoms with Crippen molar-refractivity contribution < 1.29 is 0 Å². The lowest BCUT2D eigenvalue weighted by Gasteiger charge is -2.10. The van der Waals surface area contributed by atoms with Gasteiger partial charge in [-0.05, 0) is 33.1 Å². The van der Waals surface area contributed by atoms with Gasteiger partial charge in [0, 0.05) is 12.7 Å². The average Bonchev–Trinajstić information content (AvgIpc) is 2.55. The van der Waals surface area contributed by atoms with Crippen LogP contribution in [-0.4, -0.2) is 40.1 Å². The van der Waals surface area contributed by atoms with Crippen molar-refractivity contribution in [3.63, 3.8) is 0 Å². The Morgan fingerprint density at radius 2 is 2.25 bits per heavy atom. The van der Waals surface area contributed by atoms with Crippen molar-refractivity contribution in [1.82, 2.24) is 19.4 Å². The van der Waals surface area contributed by atoms with Gasteiger partial charge in [-0.1, -0.05) is 0 Å². The molecule has 0 saturated heterocycles. The molecule has 86 valence electrons. The van der Waals surface area contributed by atoms with Crippen LogP contribution in [0.5, 0.6) is 0 Å². The van der Waals surface area contributed by atoms with Crippen molar-refractivity contribution in [3.05, 3.63) is 18.5 Å². The number of hydrogen-bond acceptors (Lipinski definition) is 4. The molecule has 0 aliphatic rings. The first-order chi connectivity index (χ1) is 7.68. The Labute approximate surface area is 94.9 Å². The maximum absolute atomic E-state index is 5.88. The van der Waals surface area contributed by atoms with Crippen LogP contribution in [0, 0.1) is 0 Å². The molecule has 16 heavy (non-hydrogen) atoms. The van der Waals surface area contributed by atoms with Gasteiger partial charge in [-0.25, -0.2) is 4.98 Å². The Morgan fingerprint density at radius 1 is 1.44 bits per heavy atom. The van der Waals surface area contributed by atoms with E-state index in [4.69, 9.17) is 5.73 Å². The number of pyridine rings is 1. The number of nitrogen functional groups attached to an aromatic ring is 1. The summed E-state index contributed by atoms with van der Waals surface area (Å²) < 4.78 is 2.04. The van der Waals surface area contributed by atoms with Crippen molar-refractivity contribution in [2.24, 2.45) is 0 Å². The molecule has 0 saturated carbocycles. The Kier molecular flexibility index (Phi) is 3.05. The third-order valence-corrected chi connectivity index (χ3v) is 2.57. The summed E-state index contributed by atoms with van der Waals surface area (Å²) in [6.45, 7) is 1.94. The fraction of sp³-hybridized carbons (Fsp3) is 0.455. The fourth-order valence-corrected chi connectivity index (χ4v) is 1.78. The molecular formula is C11H17N5. The van der Waals surface area contributed by atoms with Gasteiger partial charge in [-0.2, -0.15) is 0 Å². The van der Waals surface area contributed by atoms with Gasteiger partial charge < -0.3 is 15.2 Å². The standard InChI is InChI=1S/C11H17N5/c1-15(2)6-3-7-16-10-4-5-13-8-9(10)14-11(16)12/h4-5,8H,3,6-7H2,1-2H3,(H2,12,14). The molecule has 2 aromatic heterocycles. The van der Waals surface area contributed by atoms with Crippen LogP contribution >= 0.6 is 0 Å². The van der Waals surface area contributed by atoms with Crippen LogP contribution in [0.3, 0.4) is 0 Å². The van der Waals surface area contributed by atoms with Gasteiger partial charge in [-0.3, -0.25) is 4.98 Å². The molecule has 5 heteroatoms. The number of aryl methyl sites for hydroxylation is 1. The molecule has 0 fully saturated rings. The van der Waals surface area contributed by atoms with E-state index in [1.54, 1.807) is 12.4 Å². The van der Waals surface area contributed by atoms with E-state index < -0.39 is 0 Å². The highest BCUT2D eigenvalue weighted by Gasteiger charge is 2.06. The van der Waals surface area contributed by atoms with Crippen LogP contribution in [-0.2, 0) is 6.54 Å². The Bertz CT molecular complexity index is 474. The Balaban J connectivity index is 2.19. The molecule has 2 rings (SSSR count). The van der Waals surface area contributed by atoms with E-state index in [0.717, 1.165) is 30.5 Å². The van der Waals surface area contributed by atoms with Gasteiger partial charge in [0.2, 0.25) is 5.95 Å². The summed E-state index contributed by atoms with van der Waals surface area (Å²) >= 11 is 0. The second-order valence-electron chi connectivity index (χ2n) is 4.14. The molecular weight excluding hydrogens is 202 g/mol. The van der Waals surface area contributed by atoms with Gasteiger partial charge in [0.05, 0.1) is 11.7 Å². The maximum Gasteiger partial charge on any atom is 0.201 e. The zero-order chi connectivity index (χ0) is 11.5. The summed E-state index contributed by atoms with van der Waals surface area (Å²) in [4.78, 5) is 10.5. The van der Waals surface area contributed by atoms with Crippen LogP contribution in [0.25, 0.3) is 11.0 Å². The van der Waals surface area contributed by atoms with Crippen molar-refractivity contribution in [2.75, 3.05) is 26.4 Å². The molecule has 0 atom stereocenters. The zero-order valence-corrected chi connectivity index (χ0v) is 9.72. The minimum atomic E-state index is 0.571. The number of nitrogens with zero attached hydrogens (tertiary/aromatic N) is 4. The smallest absolute Gasteiger partial charge is 0.201 e. The SMILES string of the molecule is CN(C)CCCn1c(N)nc2cnccc21. The quantitative estimate of drug-likeness (QED) is 0.832. The van der Waals surface area contributed by atoms with Crippen molar-refractivity contribution in [1.29, 1.82) is 0 Å². The lowest BCUT2D eigenvalue weighted by atomic mass is 10.3. The van der Waals surface area contributed by atoms with E-state index in [0.29, 0.717) is 5.95 Å². The van der Waals surface area contributed by atoms with Crippen molar-refractivity contribution >= 4 is 17.0 Å². The van der Waals surface area contributed by atoms with E-state index in [9.17, 15) is 0 Å². The molecule has 2 heterocycles. The molecule has 0 amide bonds. The molecule has 0 bridgehead atoms. The van der Waals surface area contributed by atoms with Crippen LogP contribution in [0.1, 0.15) is 6.42 Å². The van der Waals surface area contributed by atoms with Crippen LogP contribution < -0.4 is 5.73 Å². The minimum Gasteiger partial charge on any atom is -0.369 e. The number of hydrogen-bond donors (Lipinski definition) is 1. The topological polar surface area (TPSA) is 60.0 Å². The van der Waals surface area contributed by atoms with E-state index in [1.165, 1.54) is 0 Å². The normalized spacial score (nSPS) is 11.4. The molecule has 0 aromatic carbocycles. The fourth-order valence-electron chi connectivity index (χ4n) is 1.78. The van der Waals surface area contributed by atoms with Gasteiger partial charge in [0.15, 0.2) is 0 Å². The molecule has 0 spiro atoms. The summed E-state index contributed by atoms with van der Waals surface area (Å²) in [6.07, 6.45) is 4.57. The number of imidazole rings is 1. The monoisotopic (exact) mass is 219 g/mol. The highest BCUT2D eigenvalue weighted by Crippen LogP contribution is 2.16. The molecule has 2 aromatic rings. The van der Waals surface area contributed by atoms with E-state index in [-0.39, 0.29) is 0 Å². The van der Waals surface area contributed by atoms with Crippen molar-refractivity contribution in [3.8, 4) is 0 Å². The highest BCUT2D eigenvalue weighted by atomic mass is 15.2. The molecule has 0 aliphatic heterocycles. The molecule has 2 N–H and O–H groups in total. The Morgan fingerprint density at radius 3 is 3.00 bits per heavy atom. The van der Waals surface area contributed by atoms with Gasteiger partial charge in [0.25, 0.3) is 0 Å². The first-order valence-electron chi connectivity index (χ1n) is 5.39. The maximum atomic E-state index is 5.88. The summed E-state index contributed by atoms with van der Waals surface area (Å²) in [5.41, 5.74) is 7.81. The summed E-state index contributed by atoms with van der Waals surface area (Å²) in [5, 5.41) is 0. The number of nitrogens with two attached hydrogens (primary N) is 1. The van der Waals surface area contributed by atoms with E-state index >= 15 is 0 Å². The number of rotatable bonds is 4. The predicted octanol–water partition coefficient (Wildman–Crippen LogP) is 0.965. The average molecular weight is 219 g/mol. The molecule has 0 unspecified atom stereocenters. The first-order valence-corrected chi connectivity index (χ1v) is 5.39. The van der Waals surface area contributed by atoms with E-state index in [1.807, 2.05) is 10.6 Å². The van der Waals surface area contributed by atoms with Gasteiger partial charge >= 0.3 is 0 Å². The summed E-state index contributed by atoms with van der Waals surface area (Å²) in [6, 6.07) is 1.95. The third-order valence-electron chi connectivity index (χ3n) is 2.57. The predicted molar refractivity (Wildman–Crippen MR) is 65.1 cm³/mol. The van der Waals surface area contributed by atoms with Crippen LogP contribution in [0.15, 0.2) is 18.5 Å². The van der Waals surface area contributed by atoms with E-state index in [2.05, 4.69) is 29.0 Å². The molecule has 5 nitrogen and oxygen atoms in total. The number of anilines is 1. The van der Waals surface area contributed by atoms with Gasteiger partial charge in [0.1, 0.15) is 5.52 Å². The second-order valence-corrected chi connectivity index (χ2v) is 4.14. The third kappa shape index (κ3) is 2.14. The zero-order valence-electron chi connectivity index (χ0n) is 9.72. The Hall–Kier alpha value is -1.62. The van der Waals surface area contributed by atoms with Crippen LogP contribution in [0.2, 0.25) is 0 Å². The number of aromatic nitrogens is 3. The van der Waals surface area contributed by atoms with Crippen LogP contribution in [0.4, 0.5) is 5.95 Å². The highest BCUT2D eigenvalue weighted by molar-refractivity contribution is 5.76.